The summed E-state index contributed by atoms with van der Waals surface area (Å²) in [6, 6.07) is 18.8. The number of carbonyl (C=O) groups excluding carboxylic acids is 1. The maximum Gasteiger partial charge on any atom is 0.274 e. The van der Waals surface area contributed by atoms with Gasteiger partial charge >= 0.3 is 0 Å². The van der Waals surface area contributed by atoms with Crippen LogP contribution in [0.3, 0.4) is 0 Å². The molecule has 1 N–H and O–H groups in total. The molecule has 2 aromatic heterocycles. The van der Waals surface area contributed by atoms with Crippen LogP contribution in [-0.2, 0) is 6.61 Å². The molecule has 1 unspecified atom stereocenters. The van der Waals surface area contributed by atoms with Gasteiger partial charge in [0.15, 0.2) is 5.69 Å². The highest BCUT2D eigenvalue weighted by Crippen LogP contribution is 2.22. The van der Waals surface area contributed by atoms with E-state index in [1.54, 1.807) is 31.2 Å². The molecule has 4 aromatic rings. The van der Waals surface area contributed by atoms with Crippen molar-refractivity contribution in [3.8, 4) is 11.4 Å². The second kappa shape index (κ2) is 9.10. The first-order valence-electron chi connectivity index (χ1n) is 9.89. The average Bonchev–Trinajstić information content (AvgIpc) is 3.42. The number of aromatic nitrogens is 2. The number of hydrogen-bond donors (Lipinski definition) is 1. The van der Waals surface area contributed by atoms with Gasteiger partial charge in [-0.2, -0.15) is 0 Å². The molecule has 31 heavy (non-hydrogen) atoms. The smallest absolute Gasteiger partial charge is 0.274 e. The molecule has 0 fully saturated rings. The first-order chi connectivity index (χ1) is 15.0. The first-order valence-corrected chi connectivity index (χ1v) is 10.3. The van der Waals surface area contributed by atoms with Crippen LogP contribution < -0.4 is 10.1 Å². The number of hydrogen-bond acceptors (Lipinski definition) is 4. The van der Waals surface area contributed by atoms with Crippen LogP contribution in [0.2, 0.25) is 5.02 Å². The van der Waals surface area contributed by atoms with E-state index in [0.717, 1.165) is 11.3 Å². The summed E-state index contributed by atoms with van der Waals surface area (Å²) >= 11 is 6.00. The summed E-state index contributed by atoms with van der Waals surface area (Å²) in [5.74, 6) is 0.824. The molecular formula is C24H22ClN3O3. The SMILES string of the molecule is Cc1onc(C(=O)NC(C)c2cccc(-n3cccc3)c2)c1COc1cccc(Cl)c1. The van der Waals surface area contributed by atoms with Crippen LogP contribution in [0.4, 0.5) is 0 Å². The summed E-state index contributed by atoms with van der Waals surface area (Å²) in [6.07, 6.45) is 3.96. The van der Waals surface area contributed by atoms with E-state index in [9.17, 15) is 4.79 Å². The lowest BCUT2D eigenvalue weighted by atomic mass is 10.1. The third-order valence-electron chi connectivity index (χ3n) is 5.00. The molecule has 0 aliphatic carbocycles. The maximum atomic E-state index is 12.9. The zero-order valence-electron chi connectivity index (χ0n) is 17.2. The molecule has 0 bridgehead atoms. The Kier molecular flexibility index (Phi) is 6.09. The van der Waals surface area contributed by atoms with Gasteiger partial charge in [0.1, 0.15) is 18.1 Å². The molecule has 0 aliphatic heterocycles. The van der Waals surface area contributed by atoms with Crippen molar-refractivity contribution in [2.75, 3.05) is 0 Å². The number of ether oxygens (including phenoxy) is 1. The number of nitrogens with zero attached hydrogens (tertiary/aromatic N) is 2. The number of halogens is 1. The van der Waals surface area contributed by atoms with Crippen LogP contribution in [0.15, 0.2) is 77.6 Å². The lowest BCUT2D eigenvalue weighted by Crippen LogP contribution is -2.28. The third kappa shape index (κ3) is 4.81. The number of rotatable bonds is 7. The largest absolute Gasteiger partial charge is 0.489 e. The summed E-state index contributed by atoms with van der Waals surface area (Å²) in [5.41, 5.74) is 2.83. The van der Waals surface area contributed by atoms with Crippen molar-refractivity contribution in [2.24, 2.45) is 0 Å². The molecule has 1 amide bonds. The van der Waals surface area contributed by atoms with E-state index in [4.69, 9.17) is 20.9 Å². The van der Waals surface area contributed by atoms with Gasteiger partial charge in [-0.1, -0.05) is 35.0 Å². The van der Waals surface area contributed by atoms with E-state index in [1.165, 1.54) is 0 Å². The summed E-state index contributed by atoms with van der Waals surface area (Å²) in [4.78, 5) is 12.9. The lowest BCUT2D eigenvalue weighted by molar-refractivity contribution is 0.0928. The predicted octanol–water partition coefficient (Wildman–Crippen LogP) is 5.50. The third-order valence-corrected chi connectivity index (χ3v) is 5.23. The van der Waals surface area contributed by atoms with Gasteiger partial charge in [-0.3, -0.25) is 4.79 Å². The molecule has 0 saturated carbocycles. The fourth-order valence-corrected chi connectivity index (χ4v) is 3.44. The lowest BCUT2D eigenvalue weighted by Gasteiger charge is -2.15. The Morgan fingerprint density at radius 3 is 2.71 bits per heavy atom. The van der Waals surface area contributed by atoms with Crippen molar-refractivity contribution >= 4 is 17.5 Å². The highest BCUT2D eigenvalue weighted by molar-refractivity contribution is 6.30. The standard InChI is InChI=1S/C24H22ClN3O3/c1-16(18-7-5-9-20(13-18)28-11-3-4-12-28)26-24(29)23-22(17(2)31-27-23)15-30-21-10-6-8-19(25)14-21/h3-14,16H,15H2,1-2H3,(H,26,29). The molecule has 6 nitrogen and oxygen atoms in total. The normalized spacial score (nSPS) is 11.8. The van der Waals surface area contributed by atoms with Crippen molar-refractivity contribution in [1.82, 2.24) is 15.0 Å². The monoisotopic (exact) mass is 435 g/mol. The second-order valence-electron chi connectivity index (χ2n) is 7.19. The second-order valence-corrected chi connectivity index (χ2v) is 7.63. The molecule has 4 rings (SSSR count). The maximum absolute atomic E-state index is 12.9. The molecule has 2 aromatic carbocycles. The zero-order valence-corrected chi connectivity index (χ0v) is 18.0. The fourth-order valence-electron chi connectivity index (χ4n) is 3.26. The molecule has 0 spiro atoms. The Morgan fingerprint density at radius 1 is 1.16 bits per heavy atom. The van der Waals surface area contributed by atoms with Gasteiger partial charge in [-0.15, -0.1) is 0 Å². The van der Waals surface area contributed by atoms with Crippen LogP contribution in [0.25, 0.3) is 5.69 Å². The van der Waals surface area contributed by atoms with Crippen molar-refractivity contribution in [3.63, 3.8) is 0 Å². The van der Waals surface area contributed by atoms with Gasteiger partial charge in [0.05, 0.1) is 11.6 Å². The molecule has 0 aliphatic rings. The topological polar surface area (TPSA) is 69.3 Å². The van der Waals surface area contributed by atoms with Gasteiger partial charge in [0, 0.05) is 23.1 Å². The first kappa shape index (κ1) is 20.8. The van der Waals surface area contributed by atoms with E-state index >= 15 is 0 Å². The van der Waals surface area contributed by atoms with Crippen LogP contribution in [-0.4, -0.2) is 15.6 Å². The minimum absolute atomic E-state index is 0.149. The van der Waals surface area contributed by atoms with Crippen LogP contribution in [0.1, 0.15) is 40.3 Å². The highest BCUT2D eigenvalue weighted by Gasteiger charge is 2.22. The van der Waals surface area contributed by atoms with Gasteiger partial charge in [0.25, 0.3) is 5.91 Å². The van der Waals surface area contributed by atoms with Crippen molar-refractivity contribution < 1.29 is 14.1 Å². The van der Waals surface area contributed by atoms with E-state index in [1.807, 2.05) is 60.3 Å². The minimum Gasteiger partial charge on any atom is -0.489 e. The van der Waals surface area contributed by atoms with Crippen molar-refractivity contribution in [1.29, 1.82) is 0 Å². The molecule has 0 saturated heterocycles. The fraction of sp³-hybridized carbons (Fsp3) is 0.167. The Labute approximate surface area is 185 Å². The number of nitrogens with one attached hydrogen (secondary N) is 1. The van der Waals surface area contributed by atoms with Crippen LogP contribution in [0, 0.1) is 6.92 Å². The van der Waals surface area contributed by atoms with Gasteiger partial charge < -0.3 is 19.1 Å². The van der Waals surface area contributed by atoms with Gasteiger partial charge in [0.2, 0.25) is 0 Å². The molecule has 2 heterocycles. The number of carbonyl (C=O) groups is 1. The minimum atomic E-state index is -0.319. The Hall–Kier alpha value is -3.51. The Morgan fingerprint density at radius 2 is 1.94 bits per heavy atom. The van der Waals surface area contributed by atoms with E-state index in [-0.39, 0.29) is 24.2 Å². The van der Waals surface area contributed by atoms with Crippen molar-refractivity contribution in [2.45, 2.75) is 26.5 Å². The van der Waals surface area contributed by atoms with Gasteiger partial charge in [-0.05, 0) is 61.9 Å². The van der Waals surface area contributed by atoms with Crippen LogP contribution in [0.5, 0.6) is 5.75 Å². The Bertz CT molecular complexity index is 1180. The molecule has 0 radical (unpaired) electrons. The predicted molar refractivity (Wildman–Crippen MR) is 119 cm³/mol. The number of aryl methyl sites for hydroxylation is 1. The molecule has 7 heteroatoms. The van der Waals surface area contributed by atoms with Crippen LogP contribution >= 0.6 is 11.6 Å². The van der Waals surface area contributed by atoms with E-state index in [0.29, 0.717) is 22.1 Å². The molecular weight excluding hydrogens is 414 g/mol. The summed E-state index contributed by atoms with van der Waals surface area (Å²) in [5, 5.41) is 7.53. The van der Waals surface area contributed by atoms with E-state index in [2.05, 4.69) is 10.5 Å². The highest BCUT2D eigenvalue weighted by atomic mass is 35.5. The zero-order chi connectivity index (χ0) is 21.8. The Balaban J connectivity index is 1.47. The van der Waals surface area contributed by atoms with Crippen molar-refractivity contribution in [3.05, 3.63) is 101 Å². The van der Waals surface area contributed by atoms with E-state index < -0.39 is 0 Å². The number of amides is 1. The summed E-state index contributed by atoms with van der Waals surface area (Å²) < 4.78 is 13.1. The summed E-state index contributed by atoms with van der Waals surface area (Å²) in [6.45, 7) is 3.84. The van der Waals surface area contributed by atoms with Gasteiger partial charge in [-0.25, -0.2) is 0 Å². The summed E-state index contributed by atoms with van der Waals surface area (Å²) in [7, 11) is 0. The molecule has 1 atom stereocenters. The number of benzene rings is 2. The average molecular weight is 436 g/mol. The quantitative estimate of drug-likeness (QED) is 0.416. The molecule has 158 valence electrons.